The highest BCUT2D eigenvalue weighted by Crippen LogP contribution is 2.43. The van der Waals surface area contributed by atoms with E-state index in [1.807, 2.05) is 13.0 Å². The van der Waals surface area contributed by atoms with Crippen molar-refractivity contribution in [3.63, 3.8) is 0 Å². The number of halogens is 1. The molecular weight excluding hydrogens is 275 g/mol. The second-order valence-electron chi connectivity index (χ2n) is 6.41. The van der Waals surface area contributed by atoms with Crippen LogP contribution in [0.2, 0.25) is 0 Å². The summed E-state index contributed by atoms with van der Waals surface area (Å²) in [6.07, 6.45) is 2.01. The fraction of sp³-hybridized carbons (Fsp3) is 0.400. The Balaban J connectivity index is 2.11. The van der Waals surface area contributed by atoms with E-state index in [9.17, 15) is 9.50 Å². The predicted molar refractivity (Wildman–Crippen MR) is 87.7 cm³/mol. The maximum absolute atomic E-state index is 13.7. The van der Waals surface area contributed by atoms with Crippen molar-refractivity contribution in [2.75, 3.05) is 0 Å². The first-order valence-electron chi connectivity index (χ1n) is 8.14. The summed E-state index contributed by atoms with van der Waals surface area (Å²) in [5.41, 5.74) is 4.89. The fourth-order valence-corrected chi connectivity index (χ4v) is 3.69. The van der Waals surface area contributed by atoms with Gasteiger partial charge in [0.25, 0.3) is 0 Å². The Labute approximate surface area is 131 Å². The van der Waals surface area contributed by atoms with Crippen LogP contribution in [0.5, 0.6) is 0 Å². The highest BCUT2D eigenvalue weighted by atomic mass is 19.1. The summed E-state index contributed by atoms with van der Waals surface area (Å²) in [5.74, 6) is 0.260. The van der Waals surface area contributed by atoms with Crippen molar-refractivity contribution in [2.45, 2.75) is 51.0 Å². The van der Waals surface area contributed by atoms with E-state index in [1.54, 1.807) is 12.1 Å². The average Bonchev–Trinajstić information content (AvgIpc) is 2.64. The summed E-state index contributed by atoms with van der Waals surface area (Å²) < 4.78 is 13.7. The van der Waals surface area contributed by atoms with E-state index in [2.05, 4.69) is 31.2 Å². The zero-order chi connectivity index (χ0) is 15.7. The lowest BCUT2D eigenvalue weighted by molar-refractivity contribution is 0.147. The van der Waals surface area contributed by atoms with Gasteiger partial charge in [-0.3, -0.25) is 0 Å². The van der Waals surface area contributed by atoms with Gasteiger partial charge in [0.05, 0.1) is 6.10 Å². The maximum Gasteiger partial charge on any atom is 0.123 e. The highest BCUT2D eigenvalue weighted by Gasteiger charge is 2.29. The minimum Gasteiger partial charge on any atom is -0.393 e. The molecule has 0 heterocycles. The topological polar surface area (TPSA) is 20.2 Å². The summed E-state index contributed by atoms with van der Waals surface area (Å²) in [6.45, 7) is 4.17. The van der Waals surface area contributed by atoms with Crippen molar-refractivity contribution in [3.8, 4) is 0 Å². The largest absolute Gasteiger partial charge is 0.393 e. The van der Waals surface area contributed by atoms with Gasteiger partial charge in [0.15, 0.2) is 0 Å². The second-order valence-corrected chi connectivity index (χ2v) is 6.41. The lowest BCUT2D eigenvalue weighted by atomic mass is 9.79. The standard InChI is InChI=1S/C20H23FO/c1-3-17(22)12-20-13(2)19-11-16(21)9-8-15(19)10-14-6-4-5-7-18(14)20/h4-9,11,13,17,20,22H,3,10,12H2,1-2H3. The predicted octanol–water partition coefficient (Wildman–Crippen LogP) is 4.78. The summed E-state index contributed by atoms with van der Waals surface area (Å²) in [5, 5.41) is 10.2. The van der Waals surface area contributed by atoms with E-state index < -0.39 is 0 Å². The molecule has 1 N–H and O–H groups in total. The molecule has 0 saturated carbocycles. The van der Waals surface area contributed by atoms with Crippen LogP contribution < -0.4 is 0 Å². The molecule has 0 fully saturated rings. The number of benzene rings is 2. The molecule has 3 rings (SSSR count). The molecule has 2 aromatic carbocycles. The molecule has 0 spiro atoms. The van der Waals surface area contributed by atoms with Gasteiger partial charge in [-0.2, -0.15) is 0 Å². The molecule has 0 saturated heterocycles. The fourth-order valence-electron chi connectivity index (χ4n) is 3.69. The Morgan fingerprint density at radius 3 is 2.64 bits per heavy atom. The van der Waals surface area contributed by atoms with Crippen LogP contribution in [0.25, 0.3) is 0 Å². The third-order valence-corrected chi connectivity index (χ3v) is 5.03. The molecule has 0 radical (unpaired) electrons. The molecular formula is C20H23FO. The zero-order valence-corrected chi connectivity index (χ0v) is 13.2. The SMILES string of the molecule is CCC(O)CC1c2ccccc2Cc2ccc(F)cc2C1C. The molecule has 3 unspecified atom stereocenters. The number of rotatable bonds is 3. The Hall–Kier alpha value is -1.67. The first-order valence-corrected chi connectivity index (χ1v) is 8.14. The molecule has 0 aromatic heterocycles. The van der Waals surface area contributed by atoms with Crippen LogP contribution in [0, 0.1) is 5.82 Å². The van der Waals surface area contributed by atoms with Gasteiger partial charge in [-0.1, -0.05) is 44.2 Å². The third kappa shape index (κ3) is 2.80. The molecule has 0 aliphatic heterocycles. The monoisotopic (exact) mass is 298 g/mol. The lowest BCUT2D eigenvalue weighted by Gasteiger charge is -2.27. The minimum absolute atomic E-state index is 0.175. The summed E-state index contributed by atoms with van der Waals surface area (Å²) in [7, 11) is 0. The van der Waals surface area contributed by atoms with Crippen molar-refractivity contribution in [3.05, 3.63) is 70.5 Å². The first-order chi connectivity index (χ1) is 10.6. The van der Waals surface area contributed by atoms with Crippen LogP contribution in [0.1, 0.15) is 60.8 Å². The number of hydrogen-bond donors (Lipinski definition) is 1. The Bertz CT molecular complexity index is 665. The maximum atomic E-state index is 13.7. The van der Waals surface area contributed by atoms with Crippen LogP contribution in [0.4, 0.5) is 4.39 Å². The van der Waals surface area contributed by atoms with Crippen molar-refractivity contribution >= 4 is 0 Å². The van der Waals surface area contributed by atoms with E-state index >= 15 is 0 Å². The molecule has 0 bridgehead atoms. The van der Waals surface area contributed by atoms with Crippen LogP contribution in [0.15, 0.2) is 42.5 Å². The average molecular weight is 298 g/mol. The van der Waals surface area contributed by atoms with Gasteiger partial charge in [-0.25, -0.2) is 4.39 Å². The van der Waals surface area contributed by atoms with E-state index in [1.165, 1.54) is 16.7 Å². The third-order valence-electron chi connectivity index (χ3n) is 5.03. The van der Waals surface area contributed by atoms with Crippen molar-refractivity contribution in [1.82, 2.24) is 0 Å². The molecule has 1 aliphatic carbocycles. The highest BCUT2D eigenvalue weighted by molar-refractivity contribution is 5.45. The van der Waals surface area contributed by atoms with Crippen molar-refractivity contribution < 1.29 is 9.50 Å². The second kappa shape index (κ2) is 6.21. The Morgan fingerprint density at radius 2 is 1.86 bits per heavy atom. The van der Waals surface area contributed by atoms with Crippen LogP contribution in [-0.4, -0.2) is 11.2 Å². The molecule has 3 atom stereocenters. The van der Waals surface area contributed by atoms with E-state index in [-0.39, 0.29) is 23.8 Å². The first kappa shape index (κ1) is 15.2. The van der Waals surface area contributed by atoms with Gasteiger partial charge in [-0.15, -0.1) is 0 Å². The van der Waals surface area contributed by atoms with Crippen LogP contribution in [0.3, 0.4) is 0 Å². The smallest absolute Gasteiger partial charge is 0.123 e. The Morgan fingerprint density at radius 1 is 1.14 bits per heavy atom. The molecule has 2 aromatic rings. The number of fused-ring (bicyclic) bond motifs is 2. The summed E-state index contributed by atoms with van der Waals surface area (Å²) >= 11 is 0. The van der Waals surface area contributed by atoms with Crippen molar-refractivity contribution in [2.24, 2.45) is 0 Å². The van der Waals surface area contributed by atoms with E-state index in [0.717, 1.165) is 24.8 Å². The van der Waals surface area contributed by atoms with Gasteiger partial charge in [0, 0.05) is 0 Å². The number of aliphatic hydroxyl groups is 1. The molecule has 116 valence electrons. The molecule has 2 heteroatoms. The van der Waals surface area contributed by atoms with E-state index in [4.69, 9.17) is 0 Å². The molecule has 0 amide bonds. The van der Waals surface area contributed by atoms with E-state index in [0.29, 0.717) is 0 Å². The summed E-state index contributed by atoms with van der Waals surface area (Å²) in [4.78, 5) is 0. The summed E-state index contributed by atoms with van der Waals surface area (Å²) in [6, 6.07) is 13.6. The van der Waals surface area contributed by atoms with Gasteiger partial charge in [-0.05, 0) is 65.5 Å². The normalized spacial score (nSPS) is 21.6. The minimum atomic E-state index is -0.310. The van der Waals surface area contributed by atoms with Gasteiger partial charge >= 0.3 is 0 Å². The van der Waals surface area contributed by atoms with Gasteiger partial charge < -0.3 is 5.11 Å². The van der Waals surface area contributed by atoms with Crippen LogP contribution >= 0.6 is 0 Å². The zero-order valence-electron chi connectivity index (χ0n) is 13.2. The number of aliphatic hydroxyl groups excluding tert-OH is 1. The molecule has 1 nitrogen and oxygen atoms in total. The number of hydrogen-bond acceptors (Lipinski definition) is 1. The Kier molecular flexibility index (Phi) is 4.30. The molecule has 22 heavy (non-hydrogen) atoms. The van der Waals surface area contributed by atoms with Gasteiger partial charge in [0.2, 0.25) is 0 Å². The van der Waals surface area contributed by atoms with Crippen LogP contribution in [-0.2, 0) is 6.42 Å². The van der Waals surface area contributed by atoms with Crippen molar-refractivity contribution in [1.29, 1.82) is 0 Å². The quantitative estimate of drug-likeness (QED) is 0.864. The molecule has 1 aliphatic rings. The lowest BCUT2D eigenvalue weighted by Crippen LogP contribution is -2.16. The van der Waals surface area contributed by atoms with Gasteiger partial charge in [0.1, 0.15) is 5.82 Å².